The summed E-state index contributed by atoms with van der Waals surface area (Å²) in [5.41, 5.74) is 1.19. The number of hydrogen-bond donors (Lipinski definition) is 1. The molecule has 3 unspecified atom stereocenters. The maximum Gasteiger partial charge on any atom is 0.118 e. The predicted molar refractivity (Wildman–Crippen MR) is 70.8 cm³/mol. The number of nitrogens with one attached hydrogen (secondary N) is 1. The minimum Gasteiger partial charge on any atom is -0.497 e. The fourth-order valence-corrected chi connectivity index (χ4v) is 3.52. The van der Waals surface area contributed by atoms with E-state index in [1.54, 1.807) is 7.11 Å². The molecule has 0 aromatic heterocycles. The summed E-state index contributed by atoms with van der Waals surface area (Å²) < 4.78 is 16.9. The molecule has 0 radical (unpaired) electrons. The average Bonchev–Trinajstić information content (AvgIpc) is 2.51. The molecule has 4 heteroatoms. The van der Waals surface area contributed by atoms with Crippen LogP contribution in [0.1, 0.15) is 24.9 Å². The average molecular weight is 253 g/mol. The molecule has 1 fully saturated rings. The van der Waals surface area contributed by atoms with Gasteiger partial charge in [0.1, 0.15) is 5.75 Å². The zero-order valence-corrected chi connectivity index (χ0v) is 11.1. The van der Waals surface area contributed by atoms with Crippen LogP contribution in [-0.2, 0) is 10.8 Å². The van der Waals surface area contributed by atoms with E-state index in [0.29, 0.717) is 11.8 Å². The molecular weight excluding hydrogens is 234 g/mol. The summed E-state index contributed by atoms with van der Waals surface area (Å²) in [5.74, 6) is 2.37. The number of hydrogen-bond acceptors (Lipinski definition) is 3. The maximum atomic E-state index is 11.8. The highest BCUT2D eigenvalue weighted by molar-refractivity contribution is 7.85. The van der Waals surface area contributed by atoms with Crippen LogP contribution in [0.4, 0.5) is 0 Å². The van der Waals surface area contributed by atoms with Crippen molar-refractivity contribution in [1.29, 1.82) is 0 Å². The lowest BCUT2D eigenvalue weighted by molar-refractivity contribution is 0.414. The van der Waals surface area contributed by atoms with Gasteiger partial charge in [-0.3, -0.25) is 4.21 Å². The molecule has 1 aliphatic heterocycles. The van der Waals surface area contributed by atoms with Crippen LogP contribution in [0.5, 0.6) is 5.75 Å². The summed E-state index contributed by atoms with van der Waals surface area (Å²) in [6.07, 6.45) is 0.985. The molecule has 1 aromatic rings. The third kappa shape index (κ3) is 3.30. The Labute approximate surface area is 105 Å². The largest absolute Gasteiger partial charge is 0.497 e. The van der Waals surface area contributed by atoms with Crippen molar-refractivity contribution in [2.24, 2.45) is 0 Å². The van der Waals surface area contributed by atoms with Gasteiger partial charge in [-0.05, 0) is 31.0 Å². The van der Waals surface area contributed by atoms with Crippen molar-refractivity contribution in [3.63, 3.8) is 0 Å². The number of benzene rings is 1. The number of methoxy groups -OCH3 is 1. The van der Waals surface area contributed by atoms with Crippen LogP contribution >= 0.6 is 0 Å². The first-order valence-corrected chi connectivity index (χ1v) is 7.43. The fraction of sp³-hybridized carbons (Fsp3) is 0.538. The molecule has 0 aliphatic carbocycles. The van der Waals surface area contributed by atoms with Crippen LogP contribution < -0.4 is 10.1 Å². The van der Waals surface area contributed by atoms with E-state index in [0.717, 1.165) is 17.9 Å². The van der Waals surface area contributed by atoms with Gasteiger partial charge < -0.3 is 10.1 Å². The molecule has 0 bridgehead atoms. The topological polar surface area (TPSA) is 38.3 Å². The van der Waals surface area contributed by atoms with Crippen molar-refractivity contribution >= 4 is 10.8 Å². The van der Waals surface area contributed by atoms with Crippen molar-refractivity contribution in [1.82, 2.24) is 5.32 Å². The van der Waals surface area contributed by atoms with Gasteiger partial charge in [-0.15, -0.1) is 0 Å². The Bertz CT molecular complexity index is 391. The second kappa shape index (κ2) is 5.65. The minimum absolute atomic E-state index is 0.194. The highest BCUT2D eigenvalue weighted by Crippen LogP contribution is 2.21. The van der Waals surface area contributed by atoms with Crippen LogP contribution in [0, 0.1) is 0 Å². The highest BCUT2D eigenvalue weighted by atomic mass is 32.2. The second-order valence-electron chi connectivity index (χ2n) is 4.49. The van der Waals surface area contributed by atoms with Gasteiger partial charge in [0.25, 0.3) is 0 Å². The van der Waals surface area contributed by atoms with Crippen molar-refractivity contribution in [3.05, 3.63) is 29.8 Å². The smallest absolute Gasteiger partial charge is 0.118 e. The SMILES string of the molecule is COc1ccc(C2CS(=O)CCC(C)N2)cc1. The number of ether oxygens (including phenoxy) is 1. The van der Waals surface area contributed by atoms with Crippen LogP contribution in [-0.4, -0.2) is 28.9 Å². The van der Waals surface area contributed by atoms with Crippen LogP contribution in [0.2, 0.25) is 0 Å². The molecule has 1 saturated heterocycles. The van der Waals surface area contributed by atoms with E-state index < -0.39 is 10.8 Å². The Kier molecular flexibility index (Phi) is 4.18. The molecule has 1 heterocycles. The van der Waals surface area contributed by atoms with Gasteiger partial charge in [-0.25, -0.2) is 0 Å². The van der Waals surface area contributed by atoms with E-state index >= 15 is 0 Å². The molecule has 17 heavy (non-hydrogen) atoms. The third-order valence-electron chi connectivity index (χ3n) is 3.13. The quantitative estimate of drug-likeness (QED) is 0.874. The minimum atomic E-state index is -0.710. The molecule has 2 rings (SSSR count). The molecule has 1 aromatic carbocycles. The van der Waals surface area contributed by atoms with E-state index in [9.17, 15) is 4.21 Å². The van der Waals surface area contributed by atoms with Gasteiger partial charge in [0.2, 0.25) is 0 Å². The van der Waals surface area contributed by atoms with Crippen molar-refractivity contribution in [3.8, 4) is 5.75 Å². The van der Waals surface area contributed by atoms with Crippen LogP contribution in [0.3, 0.4) is 0 Å². The maximum absolute atomic E-state index is 11.8. The summed E-state index contributed by atoms with van der Waals surface area (Å²) in [5, 5.41) is 3.53. The molecule has 0 spiro atoms. The first kappa shape index (κ1) is 12.6. The molecule has 94 valence electrons. The fourth-order valence-electron chi connectivity index (χ4n) is 2.08. The van der Waals surface area contributed by atoms with E-state index in [4.69, 9.17) is 4.74 Å². The molecular formula is C13H19NO2S. The zero-order valence-electron chi connectivity index (χ0n) is 10.3. The monoisotopic (exact) mass is 253 g/mol. The number of rotatable bonds is 2. The standard InChI is InChI=1S/C13H19NO2S/c1-10-7-8-17(15)9-13(14-10)11-3-5-12(16-2)6-4-11/h3-6,10,13-14H,7-9H2,1-2H3. The van der Waals surface area contributed by atoms with E-state index in [2.05, 4.69) is 12.2 Å². The Hall–Kier alpha value is -0.870. The summed E-state index contributed by atoms with van der Waals surface area (Å²) in [6, 6.07) is 8.62. The van der Waals surface area contributed by atoms with Crippen LogP contribution in [0.25, 0.3) is 0 Å². The Morgan fingerprint density at radius 3 is 2.71 bits per heavy atom. The predicted octanol–water partition coefficient (Wildman–Crippen LogP) is 1.87. The lowest BCUT2D eigenvalue weighted by atomic mass is 10.1. The second-order valence-corrected chi connectivity index (χ2v) is 6.11. The normalized spacial score (nSPS) is 29.6. The summed E-state index contributed by atoms with van der Waals surface area (Å²) in [7, 11) is 0.953. The molecule has 0 amide bonds. The zero-order chi connectivity index (χ0) is 12.3. The Balaban J connectivity index is 2.15. The van der Waals surface area contributed by atoms with Gasteiger partial charge in [-0.1, -0.05) is 12.1 Å². The molecule has 0 saturated carbocycles. The van der Waals surface area contributed by atoms with Gasteiger partial charge in [-0.2, -0.15) is 0 Å². The van der Waals surface area contributed by atoms with Gasteiger partial charge in [0.15, 0.2) is 0 Å². The molecule has 3 atom stereocenters. The summed E-state index contributed by atoms with van der Waals surface area (Å²) in [6.45, 7) is 2.15. The third-order valence-corrected chi connectivity index (χ3v) is 4.53. The summed E-state index contributed by atoms with van der Waals surface area (Å²) >= 11 is 0. The molecule has 3 nitrogen and oxygen atoms in total. The van der Waals surface area contributed by atoms with Crippen LogP contribution in [0.15, 0.2) is 24.3 Å². The van der Waals surface area contributed by atoms with Crippen molar-refractivity contribution < 1.29 is 8.95 Å². The van der Waals surface area contributed by atoms with Crippen molar-refractivity contribution in [2.75, 3.05) is 18.6 Å². The van der Waals surface area contributed by atoms with Gasteiger partial charge >= 0.3 is 0 Å². The Morgan fingerprint density at radius 1 is 1.35 bits per heavy atom. The van der Waals surface area contributed by atoms with E-state index in [1.807, 2.05) is 24.3 Å². The van der Waals surface area contributed by atoms with Gasteiger partial charge in [0.05, 0.1) is 7.11 Å². The lowest BCUT2D eigenvalue weighted by Crippen LogP contribution is -2.30. The first-order valence-electron chi connectivity index (χ1n) is 5.94. The molecule has 1 aliphatic rings. The summed E-state index contributed by atoms with van der Waals surface area (Å²) in [4.78, 5) is 0. The van der Waals surface area contributed by atoms with E-state index in [-0.39, 0.29) is 6.04 Å². The van der Waals surface area contributed by atoms with Crippen molar-refractivity contribution in [2.45, 2.75) is 25.4 Å². The lowest BCUT2D eigenvalue weighted by Gasteiger charge is -2.19. The Morgan fingerprint density at radius 2 is 2.06 bits per heavy atom. The first-order chi connectivity index (χ1) is 8.19. The highest BCUT2D eigenvalue weighted by Gasteiger charge is 2.21. The van der Waals surface area contributed by atoms with Gasteiger partial charge in [0, 0.05) is 34.4 Å². The molecule has 1 N–H and O–H groups in total. The van der Waals surface area contributed by atoms with E-state index in [1.165, 1.54) is 5.56 Å².